The summed E-state index contributed by atoms with van der Waals surface area (Å²) in [6.45, 7) is 4.07. The van der Waals surface area contributed by atoms with Crippen LogP contribution in [0.4, 0.5) is 14.9 Å². The lowest BCUT2D eigenvalue weighted by Gasteiger charge is -2.24. The number of fused-ring (bicyclic) bond motifs is 1. The maximum Gasteiger partial charge on any atom is 0.326 e. The van der Waals surface area contributed by atoms with Crippen LogP contribution >= 0.6 is 0 Å². The van der Waals surface area contributed by atoms with Crippen LogP contribution in [0.2, 0.25) is 0 Å². The Morgan fingerprint density at radius 3 is 2.81 bits per heavy atom. The summed E-state index contributed by atoms with van der Waals surface area (Å²) < 4.78 is 13.3. The molecule has 0 aliphatic carbocycles. The number of aliphatic carboxylic acids is 1. The van der Waals surface area contributed by atoms with Gasteiger partial charge in [-0.15, -0.1) is 0 Å². The van der Waals surface area contributed by atoms with Crippen molar-refractivity contribution in [2.75, 3.05) is 11.4 Å². The van der Waals surface area contributed by atoms with Gasteiger partial charge >= 0.3 is 12.0 Å². The van der Waals surface area contributed by atoms with Crippen LogP contribution in [0, 0.1) is 11.7 Å². The van der Waals surface area contributed by atoms with E-state index in [9.17, 15) is 19.1 Å². The van der Waals surface area contributed by atoms with Crippen molar-refractivity contribution in [1.82, 2.24) is 5.32 Å². The van der Waals surface area contributed by atoms with Gasteiger partial charge < -0.3 is 10.4 Å². The zero-order valence-corrected chi connectivity index (χ0v) is 12.1. The molecule has 0 saturated heterocycles. The molecule has 0 bridgehead atoms. The highest BCUT2D eigenvalue weighted by Crippen LogP contribution is 2.28. The molecule has 1 aliphatic heterocycles. The number of rotatable bonds is 4. The van der Waals surface area contributed by atoms with E-state index in [1.807, 2.05) is 6.92 Å². The first-order valence-electron chi connectivity index (χ1n) is 7.03. The van der Waals surface area contributed by atoms with Gasteiger partial charge in [-0.25, -0.2) is 14.0 Å². The number of urea groups is 1. The summed E-state index contributed by atoms with van der Waals surface area (Å²) in [5.41, 5.74) is 1.41. The largest absolute Gasteiger partial charge is 0.480 e. The van der Waals surface area contributed by atoms with Crippen LogP contribution < -0.4 is 10.2 Å². The van der Waals surface area contributed by atoms with Crippen LogP contribution in [0.3, 0.4) is 0 Å². The summed E-state index contributed by atoms with van der Waals surface area (Å²) in [6, 6.07) is 2.88. The smallest absolute Gasteiger partial charge is 0.326 e. The SMILES string of the molecule is CC[C@H](C)[C@H](NC(=O)N1CCc2ccc(F)cc21)C(=O)O. The molecule has 1 aliphatic rings. The van der Waals surface area contributed by atoms with Gasteiger partial charge in [0.15, 0.2) is 0 Å². The molecule has 5 nitrogen and oxygen atoms in total. The third kappa shape index (κ3) is 3.15. The van der Waals surface area contributed by atoms with Gasteiger partial charge in [0.2, 0.25) is 0 Å². The summed E-state index contributed by atoms with van der Waals surface area (Å²) >= 11 is 0. The zero-order chi connectivity index (χ0) is 15.6. The summed E-state index contributed by atoms with van der Waals surface area (Å²) in [4.78, 5) is 24.9. The van der Waals surface area contributed by atoms with Gasteiger partial charge in [-0.1, -0.05) is 26.3 Å². The first-order valence-corrected chi connectivity index (χ1v) is 7.03. The fourth-order valence-electron chi connectivity index (χ4n) is 2.46. The first-order chi connectivity index (χ1) is 9.93. The van der Waals surface area contributed by atoms with Crippen molar-refractivity contribution in [3.8, 4) is 0 Å². The Morgan fingerprint density at radius 1 is 1.48 bits per heavy atom. The summed E-state index contributed by atoms with van der Waals surface area (Å²) in [5, 5.41) is 11.7. The third-order valence-electron chi connectivity index (χ3n) is 3.95. The standard InChI is InChI=1S/C15H19FN2O3/c1-3-9(2)13(14(19)20)17-15(21)18-7-6-10-4-5-11(16)8-12(10)18/h4-5,8-9,13H,3,6-7H2,1-2H3,(H,17,21)(H,19,20)/t9-,13-/m0/s1. The predicted molar refractivity (Wildman–Crippen MR) is 76.9 cm³/mol. The molecule has 0 fully saturated rings. The van der Waals surface area contributed by atoms with Crippen molar-refractivity contribution >= 4 is 17.7 Å². The highest BCUT2D eigenvalue weighted by molar-refractivity contribution is 5.96. The normalized spacial score (nSPS) is 16.2. The first kappa shape index (κ1) is 15.3. The fraction of sp³-hybridized carbons (Fsp3) is 0.467. The highest BCUT2D eigenvalue weighted by atomic mass is 19.1. The van der Waals surface area contributed by atoms with Crippen molar-refractivity contribution in [2.24, 2.45) is 5.92 Å². The lowest BCUT2D eigenvalue weighted by atomic mass is 9.99. The van der Waals surface area contributed by atoms with E-state index in [0.717, 1.165) is 5.56 Å². The van der Waals surface area contributed by atoms with Gasteiger partial charge in [-0.3, -0.25) is 4.90 Å². The Labute approximate surface area is 122 Å². The second kappa shape index (κ2) is 6.11. The molecule has 6 heteroatoms. The van der Waals surface area contributed by atoms with Crippen LogP contribution in [0.1, 0.15) is 25.8 Å². The molecule has 21 heavy (non-hydrogen) atoms. The number of amides is 2. The molecule has 2 N–H and O–H groups in total. The van der Waals surface area contributed by atoms with Gasteiger partial charge in [0, 0.05) is 6.54 Å². The lowest BCUT2D eigenvalue weighted by Crippen LogP contribution is -2.50. The Bertz CT molecular complexity index is 562. The van der Waals surface area contributed by atoms with Crippen molar-refractivity contribution < 1.29 is 19.1 Å². The average molecular weight is 294 g/mol. The molecule has 1 heterocycles. The molecule has 0 aromatic heterocycles. The third-order valence-corrected chi connectivity index (χ3v) is 3.95. The molecular formula is C15H19FN2O3. The second-order valence-corrected chi connectivity index (χ2v) is 5.33. The van der Waals surface area contributed by atoms with Crippen LogP contribution in [0.5, 0.6) is 0 Å². The van der Waals surface area contributed by atoms with Gasteiger partial charge in [0.1, 0.15) is 11.9 Å². The molecule has 0 spiro atoms. The number of carboxylic acid groups (broad SMARTS) is 1. The molecule has 114 valence electrons. The Kier molecular flexibility index (Phi) is 4.45. The lowest BCUT2D eigenvalue weighted by molar-refractivity contribution is -0.140. The van der Waals surface area contributed by atoms with E-state index in [1.54, 1.807) is 13.0 Å². The molecule has 0 saturated carbocycles. The van der Waals surface area contributed by atoms with Crippen molar-refractivity contribution in [3.05, 3.63) is 29.6 Å². The molecule has 1 aromatic carbocycles. The minimum atomic E-state index is -1.06. The molecule has 2 rings (SSSR count). The summed E-state index contributed by atoms with van der Waals surface area (Å²) in [6.07, 6.45) is 1.28. The number of carbonyl (C=O) groups excluding carboxylic acids is 1. The van der Waals surface area contributed by atoms with E-state index in [0.29, 0.717) is 25.1 Å². The molecule has 0 radical (unpaired) electrons. The van der Waals surface area contributed by atoms with Crippen molar-refractivity contribution in [2.45, 2.75) is 32.7 Å². The quantitative estimate of drug-likeness (QED) is 0.896. The number of hydrogen-bond acceptors (Lipinski definition) is 2. The predicted octanol–water partition coefficient (Wildman–Crippen LogP) is 2.40. The van der Waals surface area contributed by atoms with Crippen molar-refractivity contribution in [3.63, 3.8) is 0 Å². The maximum absolute atomic E-state index is 13.3. The van der Waals surface area contributed by atoms with E-state index in [4.69, 9.17) is 0 Å². The van der Waals surface area contributed by atoms with Crippen LogP contribution in [-0.2, 0) is 11.2 Å². The van der Waals surface area contributed by atoms with Gasteiger partial charge in [0.05, 0.1) is 5.69 Å². The number of anilines is 1. The monoisotopic (exact) mass is 294 g/mol. The van der Waals surface area contributed by atoms with E-state index < -0.39 is 23.9 Å². The highest BCUT2D eigenvalue weighted by Gasteiger charge is 2.30. The maximum atomic E-state index is 13.3. The van der Waals surface area contributed by atoms with Gasteiger partial charge in [-0.05, 0) is 30.0 Å². The fourth-order valence-corrected chi connectivity index (χ4v) is 2.46. The summed E-state index contributed by atoms with van der Waals surface area (Å²) in [5.74, 6) is -1.65. The average Bonchev–Trinajstić information content (AvgIpc) is 2.86. The van der Waals surface area contributed by atoms with E-state index in [-0.39, 0.29) is 5.92 Å². The topological polar surface area (TPSA) is 69.6 Å². The Balaban J connectivity index is 2.15. The van der Waals surface area contributed by atoms with Gasteiger partial charge in [-0.2, -0.15) is 0 Å². The molecular weight excluding hydrogens is 275 g/mol. The van der Waals surface area contributed by atoms with Crippen LogP contribution in [0.25, 0.3) is 0 Å². The summed E-state index contributed by atoms with van der Waals surface area (Å²) in [7, 11) is 0. The number of benzene rings is 1. The van der Waals surface area contributed by atoms with E-state index in [1.165, 1.54) is 17.0 Å². The van der Waals surface area contributed by atoms with Crippen LogP contribution in [0.15, 0.2) is 18.2 Å². The molecule has 2 atom stereocenters. The Hall–Kier alpha value is -2.11. The number of carbonyl (C=O) groups is 2. The zero-order valence-electron chi connectivity index (χ0n) is 12.1. The number of nitrogens with zero attached hydrogens (tertiary/aromatic N) is 1. The van der Waals surface area contributed by atoms with E-state index >= 15 is 0 Å². The van der Waals surface area contributed by atoms with Gasteiger partial charge in [0.25, 0.3) is 0 Å². The number of nitrogens with one attached hydrogen (secondary N) is 1. The number of halogens is 1. The Morgan fingerprint density at radius 2 is 2.19 bits per heavy atom. The minimum absolute atomic E-state index is 0.180. The second-order valence-electron chi connectivity index (χ2n) is 5.33. The number of carboxylic acids is 1. The molecule has 2 amide bonds. The minimum Gasteiger partial charge on any atom is -0.480 e. The van der Waals surface area contributed by atoms with Crippen LogP contribution in [-0.4, -0.2) is 29.7 Å². The number of hydrogen-bond donors (Lipinski definition) is 2. The van der Waals surface area contributed by atoms with E-state index in [2.05, 4.69) is 5.32 Å². The molecule has 1 aromatic rings. The van der Waals surface area contributed by atoms with Crippen molar-refractivity contribution in [1.29, 1.82) is 0 Å². The molecule has 0 unspecified atom stereocenters.